The van der Waals surface area contributed by atoms with Gasteiger partial charge in [-0.05, 0) is 95.7 Å². The van der Waals surface area contributed by atoms with Crippen molar-refractivity contribution in [1.82, 2.24) is 15.2 Å². The molecule has 6 nitrogen and oxygen atoms in total. The fourth-order valence-corrected chi connectivity index (χ4v) is 4.50. The first-order valence-corrected chi connectivity index (χ1v) is 11.9. The number of aromatic nitrogens is 1. The van der Waals surface area contributed by atoms with E-state index in [-0.39, 0.29) is 12.1 Å². The van der Waals surface area contributed by atoms with E-state index in [2.05, 4.69) is 34.6 Å². The second-order valence-corrected chi connectivity index (χ2v) is 10.1. The molecule has 1 fully saturated rings. The van der Waals surface area contributed by atoms with Crippen LogP contribution in [0.4, 0.5) is 4.79 Å². The lowest BCUT2D eigenvalue weighted by atomic mass is 9.90. The third-order valence-corrected chi connectivity index (χ3v) is 6.20. The number of aryl methyl sites for hydroxylation is 2. The van der Waals surface area contributed by atoms with Crippen LogP contribution in [0.1, 0.15) is 63.4 Å². The molecule has 1 aromatic carbocycles. The SMILES string of the molecule is COc1ccc(-c2cc(C)nc(C)c2)cc1CN[C@H]1CC[C@H](N(C)C(=O)OC(C)(C)C)CC1. The van der Waals surface area contributed by atoms with Crippen LogP contribution in [0.15, 0.2) is 30.3 Å². The molecule has 1 aromatic heterocycles. The highest BCUT2D eigenvalue weighted by molar-refractivity contribution is 5.68. The summed E-state index contributed by atoms with van der Waals surface area (Å²) in [7, 11) is 3.57. The molecule has 180 valence electrons. The molecule has 0 unspecified atom stereocenters. The van der Waals surface area contributed by atoms with Crippen molar-refractivity contribution in [2.45, 2.75) is 84.5 Å². The van der Waals surface area contributed by atoms with Gasteiger partial charge >= 0.3 is 6.09 Å². The molecule has 3 rings (SSSR count). The first-order chi connectivity index (χ1) is 15.6. The molecule has 1 aliphatic rings. The van der Waals surface area contributed by atoms with Gasteiger partial charge in [-0.15, -0.1) is 0 Å². The maximum Gasteiger partial charge on any atom is 0.410 e. The van der Waals surface area contributed by atoms with Crippen molar-refractivity contribution in [3.63, 3.8) is 0 Å². The second kappa shape index (κ2) is 10.6. The maximum absolute atomic E-state index is 12.4. The number of hydrogen-bond donors (Lipinski definition) is 1. The number of pyridine rings is 1. The van der Waals surface area contributed by atoms with Gasteiger partial charge in [0.1, 0.15) is 11.4 Å². The molecule has 33 heavy (non-hydrogen) atoms. The molecule has 0 atom stereocenters. The topological polar surface area (TPSA) is 63.7 Å². The number of ether oxygens (including phenoxy) is 2. The zero-order valence-electron chi connectivity index (χ0n) is 21.2. The molecule has 0 saturated heterocycles. The number of hydrogen-bond acceptors (Lipinski definition) is 5. The van der Waals surface area contributed by atoms with Crippen LogP contribution in [0.3, 0.4) is 0 Å². The quantitative estimate of drug-likeness (QED) is 0.613. The van der Waals surface area contributed by atoms with E-state index in [0.717, 1.165) is 54.9 Å². The molecule has 1 amide bonds. The Hall–Kier alpha value is -2.60. The number of nitrogens with one attached hydrogen (secondary N) is 1. The van der Waals surface area contributed by atoms with Crippen LogP contribution in [0.5, 0.6) is 5.75 Å². The summed E-state index contributed by atoms with van der Waals surface area (Å²) in [4.78, 5) is 18.6. The average molecular weight is 454 g/mol. The van der Waals surface area contributed by atoms with Gasteiger partial charge in [0.2, 0.25) is 0 Å². The number of carbonyl (C=O) groups excluding carboxylic acids is 1. The van der Waals surface area contributed by atoms with Crippen LogP contribution in [0.25, 0.3) is 11.1 Å². The Bertz CT molecular complexity index is 939. The summed E-state index contributed by atoms with van der Waals surface area (Å²) in [6.45, 7) is 10.5. The van der Waals surface area contributed by atoms with Crippen molar-refractivity contribution >= 4 is 6.09 Å². The fourth-order valence-electron chi connectivity index (χ4n) is 4.50. The minimum Gasteiger partial charge on any atom is -0.496 e. The molecular formula is C27H39N3O3. The van der Waals surface area contributed by atoms with Gasteiger partial charge in [-0.2, -0.15) is 0 Å². The number of amides is 1. The lowest BCUT2D eigenvalue weighted by molar-refractivity contribution is 0.0179. The lowest BCUT2D eigenvalue weighted by Gasteiger charge is -2.36. The number of benzene rings is 1. The van der Waals surface area contributed by atoms with Gasteiger partial charge in [0.25, 0.3) is 0 Å². The normalized spacial score (nSPS) is 18.6. The molecular weight excluding hydrogens is 414 g/mol. The summed E-state index contributed by atoms with van der Waals surface area (Å²) in [5.74, 6) is 0.895. The van der Waals surface area contributed by atoms with E-state index >= 15 is 0 Å². The van der Waals surface area contributed by atoms with Crippen LogP contribution in [0, 0.1) is 13.8 Å². The Balaban J connectivity index is 1.60. The molecule has 1 N–H and O–H groups in total. The van der Waals surface area contributed by atoms with E-state index in [1.54, 1.807) is 12.0 Å². The predicted molar refractivity (Wildman–Crippen MR) is 133 cm³/mol. The van der Waals surface area contributed by atoms with Gasteiger partial charge in [0.05, 0.1) is 7.11 Å². The van der Waals surface area contributed by atoms with E-state index < -0.39 is 5.60 Å². The number of nitrogens with zero attached hydrogens (tertiary/aromatic N) is 2. The van der Waals surface area contributed by atoms with Crippen molar-refractivity contribution < 1.29 is 14.3 Å². The number of carbonyl (C=O) groups is 1. The Morgan fingerprint density at radius 1 is 1.06 bits per heavy atom. The summed E-state index contributed by atoms with van der Waals surface area (Å²) >= 11 is 0. The van der Waals surface area contributed by atoms with Gasteiger partial charge in [0, 0.05) is 42.6 Å². The summed E-state index contributed by atoms with van der Waals surface area (Å²) in [6, 6.07) is 11.3. The third kappa shape index (κ3) is 6.94. The molecule has 0 aliphatic heterocycles. The smallest absolute Gasteiger partial charge is 0.410 e. The highest BCUT2D eigenvalue weighted by atomic mass is 16.6. The minimum absolute atomic E-state index is 0.230. The summed E-state index contributed by atoms with van der Waals surface area (Å²) < 4.78 is 11.2. The largest absolute Gasteiger partial charge is 0.496 e. The first kappa shape index (κ1) is 25.0. The molecule has 1 heterocycles. The minimum atomic E-state index is -0.467. The molecule has 6 heteroatoms. The Morgan fingerprint density at radius 2 is 1.70 bits per heavy atom. The summed E-state index contributed by atoms with van der Waals surface area (Å²) in [5, 5.41) is 3.71. The van der Waals surface area contributed by atoms with Crippen LogP contribution in [0.2, 0.25) is 0 Å². The van der Waals surface area contributed by atoms with Crippen LogP contribution in [-0.4, -0.2) is 47.8 Å². The zero-order chi connectivity index (χ0) is 24.2. The van der Waals surface area contributed by atoms with E-state index in [1.165, 1.54) is 11.1 Å². The van der Waals surface area contributed by atoms with E-state index in [1.807, 2.05) is 47.7 Å². The Morgan fingerprint density at radius 3 is 2.27 bits per heavy atom. The number of rotatable bonds is 6. The predicted octanol–water partition coefficient (Wildman–Crippen LogP) is 5.64. The van der Waals surface area contributed by atoms with Crippen LogP contribution in [-0.2, 0) is 11.3 Å². The van der Waals surface area contributed by atoms with Crippen LogP contribution >= 0.6 is 0 Å². The molecule has 2 aromatic rings. The molecule has 0 bridgehead atoms. The fraction of sp³-hybridized carbons (Fsp3) is 0.556. The number of methoxy groups -OCH3 is 1. The highest BCUT2D eigenvalue weighted by Gasteiger charge is 2.29. The van der Waals surface area contributed by atoms with Crippen LogP contribution < -0.4 is 10.1 Å². The molecule has 1 saturated carbocycles. The summed E-state index contributed by atoms with van der Waals surface area (Å²) in [5.41, 5.74) is 5.07. The van der Waals surface area contributed by atoms with E-state index in [4.69, 9.17) is 9.47 Å². The van der Waals surface area contributed by atoms with Gasteiger partial charge in [-0.25, -0.2) is 4.79 Å². The van der Waals surface area contributed by atoms with Crippen molar-refractivity contribution in [3.05, 3.63) is 47.3 Å². The monoisotopic (exact) mass is 453 g/mol. The van der Waals surface area contributed by atoms with E-state index in [9.17, 15) is 4.79 Å². The van der Waals surface area contributed by atoms with Gasteiger partial charge in [-0.1, -0.05) is 6.07 Å². The van der Waals surface area contributed by atoms with Gasteiger partial charge in [-0.3, -0.25) is 4.98 Å². The van der Waals surface area contributed by atoms with E-state index in [0.29, 0.717) is 6.04 Å². The lowest BCUT2D eigenvalue weighted by Crippen LogP contribution is -2.44. The van der Waals surface area contributed by atoms with Gasteiger partial charge < -0.3 is 19.7 Å². The highest BCUT2D eigenvalue weighted by Crippen LogP contribution is 2.29. The average Bonchev–Trinajstić information content (AvgIpc) is 2.75. The van der Waals surface area contributed by atoms with Gasteiger partial charge in [0.15, 0.2) is 0 Å². The second-order valence-electron chi connectivity index (χ2n) is 10.1. The first-order valence-electron chi connectivity index (χ1n) is 11.9. The molecule has 0 radical (unpaired) electrons. The van der Waals surface area contributed by atoms with Crippen molar-refractivity contribution in [3.8, 4) is 16.9 Å². The van der Waals surface area contributed by atoms with Crippen molar-refractivity contribution in [1.29, 1.82) is 0 Å². The standard InChI is InChI=1S/C27H39N3O3/c1-18-14-21(15-19(2)29-18)20-8-13-25(32-7)22(16-20)17-28-23-9-11-24(12-10-23)30(6)26(31)33-27(3,4)5/h8,13-16,23-24,28H,9-12,17H2,1-7H3/t23-,24-. The molecule has 1 aliphatic carbocycles. The Kier molecular flexibility index (Phi) is 8.01. The third-order valence-electron chi connectivity index (χ3n) is 6.20. The zero-order valence-corrected chi connectivity index (χ0v) is 21.2. The summed E-state index contributed by atoms with van der Waals surface area (Å²) in [6.07, 6.45) is 3.77. The van der Waals surface area contributed by atoms with Crippen molar-refractivity contribution in [2.75, 3.05) is 14.2 Å². The Labute approximate surface area is 198 Å². The maximum atomic E-state index is 12.4. The molecule has 0 spiro atoms. The van der Waals surface area contributed by atoms with Crippen molar-refractivity contribution in [2.24, 2.45) is 0 Å².